The summed E-state index contributed by atoms with van der Waals surface area (Å²) >= 11 is 5.84. The standard InChI is InChI=1S/C18H15ClN2O/c19-15-8-5-13(6-9-15)7-10-18(22)21-16-11-14-3-1-2-4-17(14)20-12-16/h1-6,8-9,11-12H,7,10H2,(H,21,22). The normalized spacial score (nSPS) is 10.6. The van der Waals surface area contributed by atoms with Crippen LogP contribution in [-0.2, 0) is 11.2 Å². The molecule has 0 aliphatic heterocycles. The minimum atomic E-state index is -0.0213. The van der Waals surface area contributed by atoms with Crippen molar-refractivity contribution in [3.05, 3.63) is 71.4 Å². The van der Waals surface area contributed by atoms with Crippen molar-refractivity contribution in [1.29, 1.82) is 0 Å². The Labute approximate surface area is 133 Å². The van der Waals surface area contributed by atoms with Crippen LogP contribution in [0.25, 0.3) is 10.9 Å². The highest BCUT2D eigenvalue weighted by Crippen LogP contribution is 2.16. The van der Waals surface area contributed by atoms with Crippen LogP contribution in [0.15, 0.2) is 60.8 Å². The monoisotopic (exact) mass is 310 g/mol. The maximum absolute atomic E-state index is 12.0. The lowest BCUT2D eigenvalue weighted by Crippen LogP contribution is -2.12. The Morgan fingerprint density at radius 1 is 1.09 bits per heavy atom. The number of amides is 1. The third kappa shape index (κ3) is 3.62. The summed E-state index contributed by atoms with van der Waals surface area (Å²) in [5, 5.41) is 4.60. The number of halogens is 1. The first kappa shape index (κ1) is 14.5. The van der Waals surface area contributed by atoms with Gasteiger partial charge in [-0.15, -0.1) is 0 Å². The average molecular weight is 311 g/mol. The van der Waals surface area contributed by atoms with Crippen molar-refractivity contribution >= 4 is 34.1 Å². The predicted octanol–water partition coefficient (Wildman–Crippen LogP) is 4.46. The van der Waals surface area contributed by atoms with E-state index < -0.39 is 0 Å². The quantitative estimate of drug-likeness (QED) is 0.773. The molecule has 0 saturated heterocycles. The van der Waals surface area contributed by atoms with E-state index in [4.69, 9.17) is 11.6 Å². The van der Waals surface area contributed by atoms with Gasteiger partial charge in [0, 0.05) is 16.8 Å². The largest absolute Gasteiger partial charge is 0.325 e. The lowest BCUT2D eigenvalue weighted by Gasteiger charge is -2.06. The SMILES string of the molecule is O=C(CCc1ccc(Cl)cc1)Nc1cnc2ccccc2c1. The number of carbonyl (C=O) groups is 1. The summed E-state index contributed by atoms with van der Waals surface area (Å²) in [6.07, 6.45) is 2.79. The fraction of sp³-hybridized carbons (Fsp3) is 0.111. The molecule has 0 saturated carbocycles. The van der Waals surface area contributed by atoms with Gasteiger partial charge in [-0.25, -0.2) is 0 Å². The van der Waals surface area contributed by atoms with Gasteiger partial charge in [0.25, 0.3) is 0 Å². The summed E-state index contributed by atoms with van der Waals surface area (Å²) in [4.78, 5) is 16.4. The van der Waals surface area contributed by atoms with Crippen LogP contribution in [0.1, 0.15) is 12.0 Å². The number of hydrogen-bond donors (Lipinski definition) is 1. The van der Waals surface area contributed by atoms with Crippen LogP contribution >= 0.6 is 11.6 Å². The molecule has 1 aromatic heterocycles. The molecule has 0 aliphatic carbocycles. The van der Waals surface area contributed by atoms with E-state index in [0.29, 0.717) is 17.9 Å². The Balaban J connectivity index is 1.61. The van der Waals surface area contributed by atoms with Crippen molar-refractivity contribution in [3.63, 3.8) is 0 Å². The number of fused-ring (bicyclic) bond motifs is 1. The molecule has 1 heterocycles. The first-order valence-electron chi connectivity index (χ1n) is 7.10. The van der Waals surface area contributed by atoms with Gasteiger partial charge in [0.1, 0.15) is 0 Å². The third-order valence-electron chi connectivity index (χ3n) is 3.43. The number of hydrogen-bond acceptors (Lipinski definition) is 2. The number of pyridine rings is 1. The number of nitrogens with zero attached hydrogens (tertiary/aromatic N) is 1. The molecule has 3 aromatic rings. The highest BCUT2D eigenvalue weighted by Gasteiger charge is 2.04. The second kappa shape index (κ2) is 6.58. The summed E-state index contributed by atoms with van der Waals surface area (Å²) in [5.74, 6) is -0.0213. The summed E-state index contributed by atoms with van der Waals surface area (Å²) in [7, 11) is 0. The number of aryl methyl sites for hydroxylation is 1. The molecular weight excluding hydrogens is 296 g/mol. The summed E-state index contributed by atoms with van der Waals surface area (Å²) in [6, 6.07) is 17.3. The zero-order chi connectivity index (χ0) is 15.4. The van der Waals surface area contributed by atoms with E-state index in [-0.39, 0.29) is 5.91 Å². The van der Waals surface area contributed by atoms with E-state index in [1.807, 2.05) is 54.6 Å². The van der Waals surface area contributed by atoms with E-state index in [9.17, 15) is 4.79 Å². The molecule has 0 bridgehead atoms. The van der Waals surface area contributed by atoms with Crippen LogP contribution in [0, 0.1) is 0 Å². The smallest absolute Gasteiger partial charge is 0.224 e. The van der Waals surface area contributed by atoms with Crippen molar-refractivity contribution in [2.45, 2.75) is 12.8 Å². The molecule has 3 rings (SSSR count). The van der Waals surface area contributed by atoms with Crippen molar-refractivity contribution in [1.82, 2.24) is 4.98 Å². The molecule has 0 radical (unpaired) electrons. The Bertz CT molecular complexity index is 800. The van der Waals surface area contributed by atoms with E-state index >= 15 is 0 Å². The molecule has 1 amide bonds. The minimum absolute atomic E-state index is 0.0213. The molecule has 0 spiro atoms. The zero-order valence-corrected chi connectivity index (χ0v) is 12.7. The molecular formula is C18H15ClN2O. The highest BCUT2D eigenvalue weighted by atomic mass is 35.5. The molecule has 110 valence electrons. The van der Waals surface area contributed by atoms with Crippen LogP contribution in [0.3, 0.4) is 0 Å². The second-order valence-corrected chi connectivity index (χ2v) is 5.53. The lowest BCUT2D eigenvalue weighted by atomic mass is 10.1. The lowest BCUT2D eigenvalue weighted by molar-refractivity contribution is -0.116. The van der Waals surface area contributed by atoms with Crippen molar-refractivity contribution in [2.75, 3.05) is 5.32 Å². The fourth-order valence-corrected chi connectivity index (χ4v) is 2.40. The molecule has 0 fully saturated rings. The Hall–Kier alpha value is -2.39. The van der Waals surface area contributed by atoms with E-state index in [1.54, 1.807) is 6.20 Å². The third-order valence-corrected chi connectivity index (χ3v) is 3.68. The molecule has 3 nitrogen and oxygen atoms in total. The van der Waals surface area contributed by atoms with Crippen molar-refractivity contribution in [3.8, 4) is 0 Å². The maximum atomic E-state index is 12.0. The van der Waals surface area contributed by atoms with Gasteiger partial charge in [0.05, 0.1) is 17.4 Å². The summed E-state index contributed by atoms with van der Waals surface area (Å²) < 4.78 is 0. The number of anilines is 1. The van der Waals surface area contributed by atoms with Gasteiger partial charge >= 0.3 is 0 Å². The van der Waals surface area contributed by atoms with Crippen LogP contribution in [0.4, 0.5) is 5.69 Å². The van der Waals surface area contributed by atoms with Gasteiger partial charge in [0.15, 0.2) is 0 Å². The van der Waals surface area contributed by atoms with Gasteiger partial charge in [-0.2, -0.15) is 0 Å². The van der Waals surface area contributed by atoms with Gasteiger partial charge in [-0.3, -0.25) is 9.78 Å². The summed E-state index contributed by atoms with van der Waals surface area (Å²) in [6.45, 7) is 0. The van der Waals surface area contributed by atoms with Gasteiger partial charge in [-0.1, -0.05) is 41.9 Å². The zero-order valence-electron chi connectivity index (χ0n) is 11.9. The Morgan fingerprint density at radius 3 is 2.68 bits per heavy atom. The Kier molecular flexibility index (Phi) is 4.35. The van der Waals surface area contributed by atoms with E-state index in [0.717, 1.165) is 22.2 Å². The second-order valence-electron chi connectivity index (χ2n) is 5.09. The van der Waals surface area contributed by atoms with Gasteiger partial charge in [-0.05, 0) is 36.2 Å². The molecule has 0 atom stereocenters. The van der Waals surface area contributed by atoms with Crippen LogP contribution < -0.4 is 5.32 Å². The van der Waals surface area contributed by atoms with E-state index in [1.165, 1.54) is 0 Å². The number of rotatable bonds is 4. The molecule has 0 aliphatic rings. The maximum Gasteiger partial charge on any atom is 0.224 e. The van der Waals surface area contributed by atoms with Crippen LogP contribution in [0.5, 0.6) is 0 Å². The number of carbonyl (C=O) groups excluding carboxylic acids is 1. The number of para-hydroxylation sites is 1. The fourth-order valence-electron chi connectivity index (χ4n) is 2.27. The first-order chi connectivity index (χ1) is 10.7. The average Bonchev–Trinajstić information content (AvgIpc) is 2.54. The van der Waals surface area contributed by atoms with E-state index in [2.05, 4.69) is 10.3 Å². The number of nitrogens with one attached hydrogen (secondary N) is 1. The number of aromatic nitrogens is 1. The molecule has 1 N–H and O–H groups in total. The topological polar surface area (TPSA) is 42.0 Å². The predicted molar refractivity (Wildman–Crippen MR) is 90.1 cm³/mol. The van der Waals surface area contributed by atoms with Crippen molar-refractivity contribution < 1.29 is 4.79 Å². The highest BCUT2D eigenvalue weighted by molar-refractivity contribution is 6.30. The number of benzene rings is 2. The van der Waals surface area contributed by atoms with Gasteiger partial charge in [0.2, 0.25) is 5.91 Å². The molecule has 0 unspecified atom stereocenters. The van der Waals surface area contributed by atoms with Crippen molar-refractivity contribution in [2.24, 2.45) is 0 Å². The Morgan fingerprint density at radius 2 is 1.86 bits per heavy atom. The minimum Gasteiger partial charge on any atom is -0.325 e. The molecule has 4 heteroatoms. The van der Waals surface area contributed by atoms with Crippen LogP contribution in [-0.4, -0.2) is 10.9 Å². The molecule has 22 heavy (non-hydrogen) atoms. The van der Waals surface area contributed by atoms with Gasteiger partial charge < -0.3 is 5.32 Å². The van der Waals surface area contributed by atoms with Crippen LogP contribution in [0.2, 0.25) is 5.02 Å². The first-order valence-corrected chi connectivity index (χ1v) is 7.47. The summed E-state index contributed by atoms with van der Waals surface area (Å²) in [5.41, 5.74) is 2.73. The molecule has 2 aromatic carbocycles.